The first-order valence-electron chi connectivity index (χ1n) is 6.64. The number of carbonyl (C=O) groups is 2. The zero-order valence-corrected chi connectivity index (χ0v) is 13.4. The molecule has 0 aliphatic rings. The molecule has 2 aromatic rings. The van der Waals surface area contributed by atoms with Gasteiger partial charge in [0.1, 0.15) is 0 Å². The van der Waals surface area contributed by atoms with Crippen molar-refractivity contribution in [1.82, 2.24) is 0 Å². The minimum absolute atomic E-state index is 0.0554. The van der Waals surface area contributed by atoms with Gasteiger partial charge in [0.25, 0.3) is 0 Å². The van der Waals surface area contributed by atoms with E-state index < -0.39 is 11.9 Å². The highest BCUT2D eigenvalue weighted by Gasteiger charge is 2.29. The van der Waals surface area contributed by atoms with Gasteiger partial charge in [-0.2, -0.15) is 0 Å². The Morgan fingerprint density at radius 1 is 1.00 bits per heavy atom. The topological polar surface area (TPSA) is 43.4 Å². The maximum Gasteiger partial charge on any atom is 0.313 e. The zero-order chi connectivity index (χ0) is 16.1. The lowest BCUT2D eigenvalue weighted by molar-refractivity contribution is -0.142. The van der Waals surface area contributed by atoms with Gasteiger partial charge in [-0.05, 0) is 12.1 Å². The Labute approximate surface area is 138 Å². The van der Waals surface area contributed by atoms with Crippen LogP contribution in [-0.2, 0) is 9.53 Å². The van der Waals surface area contributed by atoms with Gasteiger partial charge in [-0.25, -0.2) is 0 Å². The Balaban J connectivity index is 2.36. The van der Waals surface area contributed by atoms with E-state index >= 15 is 0 Å². The van der Waals surface area contributed by atoms with E-state index in [0.717, 1.165) is 0 Å². The monoisotopic (exact) mass is 336 g/mol. The molecule has 0 saturated carbocycles. The summed E-state index contributed by atoms with van der Waals surface area (Å²) in [6, 6.07) is 13.7. The Morgan fingerprint density at radius 3 is 2.14 bits per heavy atom. The van der Waals surface area contributed by atoms with Crippen molar-refractivity contribution in [3.05, 3.63) is 69.7 Å². The molecule has 3 nitrogen and oxygen atoms in total. The number of methoxy groups -OCH3 is 1. The smallest absolute Gasteiger partial charge is 0.313 e. The van der Waals surface area contributed by atoms with Crippen LogP contribution in [-0.4, -0.2) is 18.9 Å². The van der Waals surface area contributed by atoms with Crippen LogP contribution in [0.4, 0.5) is 0 Å². The molecule has 0 fully saturated rings. The third-order valence-corrected chi connectivity index (χ3v) is 3.98. The minimum Gasteiger partial charge on any atom is -0.469 e. The van der Waals surface area contributed by atoms with Crippen molar-refractivity contribution in [3.8, 4) is 0 Å². The van der Waals surface area contributed by atoms with Crippen molar-refractivity contribution in [1.29, 1.82) is 0 Å². The van der Waals surface area contributed by atoms with Crippen LogP contribution in [0.3, 0.4) is 0 Å². The number of carbonyl (C=O) groups excluding carboxylic acids is 2. The van der Waals surface area contributed by atoms with Crippen molar-refractivity contribution >= 4 is 35.0 Å². The Morgan fingerprint density at radius 2 is 1.59 bits per heavy atom. The van der Waals surface area contributed by atoms with Gasteiger partial charge in [-0.15, -0.1) is 0 Å². The van der Waals surface area contributed by atoms with E-state index in [1.165, 1.54) is 7.11 Å². The molecule has 0 aromatic heterocycles. The zero-order valence-electron chi connectivity index (χ0n) is 11.9. The summed E-state index contributed by atoms with van der Waals surface area (Å²) in [6.07, 6.45) is -0.0554. The highest BCUT2D eigenvalue weighted by molar-refractivity contribution is 6.36. The predicted molar refractivity (Wildman–Crippen MR) is 86.6 cm³/mol. The van der Waals surface area contributed by atoms with Crippen LogP contribution >= 0.6 is 23.2 Å². The number of Topliss-reactive ketones (excluding diaryl/α,β-unsaturated/α-hetero) is 1. The first-order valence-corrected chi connectivity index (χ1v) is 7.40. The molecule has 0 radical (unpaired) electrons. The molecule has 114 valence electrons. The van der Waals surface area contributed by atoms with E-state index in [0.29, 0.717) is 21.2 Å². The first kappa shape index (κ1) is 16.5. The molecular formula is C17H14Cl2O3. The highest BCUT2D eigenvalue weighted by Crippen LogP contribution is 2.35. The summed E-state index contributed by atoms with van der Waals surface area (Å²) in [7, 11) is 1.27. The lowest BCUT2D eigenvalue weighted by Crippen LogP contribution is -2.19. The molecule has 0 bridgehead atoms. The van der Waals surface area contributed by atoms with E-state index in [1.54, 1.807) is 42.5 Å². The van der Waals surface area contributed by atoms with Gasteiger partial charge < -0.3 is 4.74 Å². The average molecular weight is 337 g/mol. The van der Waals surface area contributed by atoms with Gasteiger partial charge in [-0.1, -0.05) is 59.6 Å². The molecule has 5 heteroatoms. The molecule has 0 N–H and O–H groups in total. The van der Waals surface area contributed by atoms with Crippen LogP contribution in [0.15, 0.2) is 48.5 Å². The van der Waals surface area contributed by atoms with Crippen molar-refractivity contribution in [3.63, 3.8) is 0 Å². The summed E-state index contributed by atoms with van der Waals surface area (Å²) in [5.74, 6) is -1.55. The minimum atomic E-state index is -0.834. The summed E-state index contributed by atoms with van der Waals surface area (Å²) in [4.78, 5) is 24.5. The second-order valence-electron chi connectivity index (χ2n) is 4.70. The van der Waals surface area contributed by atoms with E-state index in [9.17, 15) is 9.59 Å². The quantitative estimate of drug-likeness (QED) is 0.595. The van der Waals surface area contributed by atoms with Gasteiger partial charge in [0, 0.05) is 27.6 Å². The van der Waals surface area contributed by atoms with Gasteiger partial charge in [0.15, 0.2) is 5.78 Å². The summed E-state index contributed by atoms with van der Waals surface area (Å²) >= 11 is 12.3. The molecule has 1 atom stereocenters. The number of rotatable bonds is 5. The Hall–Kier alpha value is -1.84. The molecule has 0 spiro atoms. The van der Waals surface area contributed by atoms with Crippen LogP contribution in [0.2, 0.25) is 10.0 Å². The molecule has 0 heterocycles. The standard InChI is InChI=1S/C17H14Cl2O3/c1-22-17(21)12(16-13(18)8-5-9-14(16)19)10-15(20)11-6-3-2-4-7-11/h2-9,12H,10H2,1H3/t12-/m1/s1. The van der Waals surface area contributed by atoms with Crippen molar-refractivity contribution in [2.24, 2.45) is 0 Å². The van der Waals surface area contributed by atoms with Crippen molar-refractivity contribution < 1.29 is 14.3 Å². The van der Waals surface area contributed by atoms with Crippen molar-refractivity contribution in [2.75, 3.05) is 7.11 Å². The van der Waals surface area contributed by atoms with Crippen LogP contribution in [0.5, 0.6) is 0 Å². The number of hydrogen-bond acceptors (Lipinski definition) is 3. The summed E-state index contributed by atoms with van der Waals surface area (Å²) < 4.78 is 4.81. The van der Waals surface area contributed by atoms with Gasteiger partial charge in [0.05, 0.1) is 13.0 Å². The average Bonchev–Trinajstić information content (AvgIpc) is 2.53. The summed E-state index contributed by atoms with van der Waals surface area (Å²) in [5, 5.41) is 0.674. The number of halogens is 2. The fourth-order valence-electron chi connectivity index (χ4n) is 2.22. The van der Waals surface area contributed by atoms with Gasteiger partial charge >= 0.3 is 5.97 Å². The second kappa shape index (κ2) is 7.43. The lowest BCUT2D eigenvalue weighted by atomic mass is 9.91. The summed E-state index contributed by atoms with van der Waals surface area (Å²) in [6.45, 7) is 0. The number of hydrogen-bond donors (Lipinski definition) is 0. The molecule has 0 saturated heterocycles. The van der Waals surface area contributed by atoms with Gasteiger partial charge in [0.2, 0.25) is 0 Å². The van der Waals surface area contributed by atoms with Crippen LogP contribution < -0.4 is 0 Å². The number of ether oxygens (including phenoxy) is 1. The van der Waals surface area contributed by atoms with Crippen LogP contribution in [0.1, 0.15) is 28.3 Å². The van der Waals surface area contributed by atoms with Crippen molar-refractivity contribution in [2.45, 2.75) is 12.3 Å². The van der Waals surface area contributed by atoms with E-state index in [-0.39, 0.29) is 12.2 Å². The molecule has 2 aromatic carbocycles. The maximum absolute atomic E-state index is 12.4. The third-order valence-electron chi connectivity index (χ3n) is 3.32. The van der Waals surface area contributed by atoms with E-state index in [4.69, 9.17) is 27.9 Å². The second-order valence-corrected chi connectivity index (χ2v) is 5.52. The first-order chi connectivity index (χ1) is 10.5. The SMILES string of the molecule is COC(=O)[C@H](CC(=O)c1ccccc1)c1c(Cl)cccc1Cl. The molecule has 0 aliphatic heterocycles. The Kier molecular flexibility index (Phi) is 5.58. The highest BCUT2D eigenvalue weighted by atomic mass is 35.5. The number of esters is 1. The molecule has 0 amide bonds. The molecule has 22 heavy (non-hydrogen) atoms. The largest absolute Gasteiger partial charge is 0.469 e. The Bertz CT molecular complexity index is 663. The molecule has 0 unspecified atom stereocenters. The lowest BCUT2D eigenvalue weighted by Gasteiger charge is -2.17. The molecule has 0 aliphatic carbocycles. The van der Waals surface area contributed by atoms with E-state index in [1.807, 2.05) is 6.07 Å². The van der Waals surface area contributed by atoms with Crippen LogP contribution in [0.25, 0.3) is 0 Å². The fraction of sp³-hybridized carbons (Fsp3) is 0.176. The molecule has 2 rings (SSSR count). The third kappa shape index (κ3) is 3.67. The summed E-state index contributed by atoms with van der Waals surface area (Å²) in [5.41, 5.74) is 0.946. The molecular weight excluding hydrogens is 323 g/mol. The van der Waals surface area contributed by atoms with Crippen LogP contribution in [0, 0.1) is 0 Å². The van der Waals surface area contributed by atoms with Gasteiger partial charge in [-0.3, -0.25) is 9.59 Å². The van der Waals surface area contributed by atoms with E-state index in [2.05, 4.69) is 0 Å². The fourth-order valence-corrected chi connectivity index (χ4v) is 2.88. The predicted octanol–water partition coefficient (Wildman–Crippen LogP) is 4.52. The number of benzene rings is 2. The normalized spacial score (nSPS) is 11.8. The maximum atomic E-state index is 12.4. The number of ketones is 1.